The number of rotatable bonds is 1. The van der Waals surface area contributed by atoms with Crippen molar-refractivity contribution in [1.29, 1.82) is 0 Å². The highest BCUT2D eigenvalue weighted by Crippen LogP contribution is 2.15. The summed E-state index contributed by atoms with van der Waals surface area (Å²) < 4.78 is 6.35. The van der Waals surface area contributed by atoms with E-state index < -0.39 is 0 Å². The molecule has 0 saturated heterocycles. The molecule has 0 fully saturated rings. The molecule has 3 aromatic rings. The highest BCUT2D eigenvalue weighted by atomic mass is 35.5. The lowest BCUT2D eigenvalue weighted by molar-refractivity contribution is 0.399. The minimum Gasteiger partial charge on any atom is -0.338 e. The van der Waals surface area contributed by atoms with Crippen molar-refractivity contribution in [2.75, 3.05) is 0 Å². The predicted octanol–water partition coefficient (Wildman–Crippen LogP) is 2.34. The maximum absolute atomic E-state index is 12.3. The van der Waals surface area contributed by atoms with Gasteiger partial charge in [-0.05, 0) is 25.1 Å². The number of aryl methyl sites for hydroxylation is 1. The van der Waals surface area contributed by atoms with E-state index in [1.165, 1.54) is 10.9 Å². The van der Waals surface area contributed by atoms with Crippen LogP contribution < -0.4 is 5.56 Å². The molecule has 0 aliphatic carbocycles. The summed E-state index contributed by atoms with van der Waals surface area (Å²) in [4.78, 5) is 16.5. The Morgan fingerprint density at radius 2 is 2.17 bits per heavy atom. The third-order valence-corrected chi connectivity index (χ3v) is 2.81. The van der Waals surface area contributed by atoms with E-state index in [1.54, 1.807) is 31.2 Å². The van der Waals surface area contributed by atoms with Gasteiger partial charge in [-0.3, -0.25) is 4.79 Å². The third-order valence-electron chi connectivity index (χ3n) is 2.57. The molecule has 1 aromatic carbocycles. The van der Waals surface area contributed by atoms with Gasteiger partial charge in [0.15, 0.2) is 0 Å². The van der Waals surface area contributed by atoms with Crippen molar-refractivity contribution in [1.82, 2.24) is 14.7 Å². The summed E-state index contributed by atoms with van der Waals surface area (Å²) in [5.74, 6) is 0.340. The smallest absolute Gasteiger partial charge is 0.268 e. The van der Waals surface area contributed by atoms with E-state index in [4.69, 9.17) is 16.1 Å². The van der Waals surface area contributed by atoms with Crippen molar-refractivity contribution >= 4 is 22.5 Å². The summed E-state index contributed by atoms with van der Waals surface area (Å²) >= 11 is 5.88. The largest absolute Gasteiger partial charge is 0.338 e. The Bertz CT molecular complexity index is 791. The van der Waals surface area contributed by atoms with Gasteiger partial charge < -0.3 is 4.52 Å². The third kappa shape index (κ3) is 1.69. The zero-order valence-corrected chi connectivity index (χ0v) is 10.2. The van der Waals surface area contributed by atoms with E-state index in [0.717, 1.165) is 0 Å². The molecule has 0 atom stereocenters. The predicted molar refractivity (Wildman–Crippen MR) is 67.1 cm³/mol. The lowest BCUT2D eigenvalue weighted by Gasteiger charge is -2.02. The first-order valence-corrected chi connectivity index (χ1v) is 5.63. The Kier molecular flexibility index (Phi) is 2.41. The van der Waals surface area contributed by atoms with Gasteiger partial charge in [-0.1, -0.05) is 16.8 Å². The van der Waals surface area contributed by atoms with Crippen molar-refractivity contribution in [3.63, 3.8) is 0 Å². The number of aromatic nitrogens is 3. The first-order valence-electron chi connectivity index (χ1n) is 5.26. The first-order chi connectivity index (χ1) is 8.65. The number of hydrogen-bond acceptors (Lipinski definition) is 4. The molecular weight excluding hydrogens is 254 g/mol. The van der Waals surface area contributed by atoms with Crippen LogP contribution in [-0.2, 0) is 0 Å². The van der Waals surface area contributed by atoms with Crippen LogP contribution in [0.4, 0.5) is 0 Å². The van der Waals surface area contributed by atoms with Crippen LogP contribution in [0, 0.1) is 6.92 Å². The van der Waals surface area contributed by atoms with Crippen LogP contribution in [0.15, 0.2) is 39.9 Å². The molecule has 0 spiro atoms. The van der Waals surface area contributed by atoms with Crippen LogP contribution in [-0.4, -0.2) is 14.7 Å². The Hall–Kier alpha value is -2.14. The Morgan fingerprint density at radius 1 is 1.33 bits per heavy atom. The molecule has 18 heavy (non-hydrogen) atoms. The van der Waals surface area contributed by atoms with Gasteiger partial charge in [0.1, 0.15) is 6.33 Å². The number of benzene rings is 1. The average molecular weight is 262 g/mol. The fourth-order valence-corrected chi connectivity index (χ4v) is 1.89. The van der Waals surface area contributed by atoms with Crippen molar-refractivity contribution in [3.05, 3.63) is 51.7 Å². The summed E-state index contributed by atoms with van der Waals surface area (Å²) in [6.07, 6.45) is 1.42. The summed E-state index contributed by atoms with van der Waals surface area (Å²) in [6, 6.07) is 6.65. The molecule has 0 aliphatic rings. The van der Waals surface area contributed by atoms with Crippen molar-refractivity contribution in [2.45, 2.75) is 6.92 Å². The molecule has 0 unspecified atom stereocenters. The molecule has 3 rings (SSSR count). The highest BCUT2D eigenvalue weighted by Gasteiger charge is 2.09. The second-order valence-electron chi connectivity index (χ2n) is 3.89. The van der Waals surface area contributed by atoms with Gasteiger partial charge in [0.05, 0.1) is 16.6 Å². The Balaban J connectivity index is 2.32. The van der Waals surface area contributed by atoms with Gasteiger partial charge in [0.2, 0.25) is 5.88 Å². The monoisotopic (exact) mass is 261 g/mol. The normalized spacial score (nSPS) is 11.0. The molecule has 5 nitrogen and oxygen atoms in total. The zero-order valence-electron chi connectivity index (χ0n) is 9.42. The van der Waals surface area contributed by atoms with Gasteiger partial charge in [-0.25, -0.2) is 9.55 Å². The van der Waals surface area contributed by atoms with Crippen LogP contribution >= 0.6 is 11.6 Å². The number of fused-ring (bicyclic) bond motifs is 1. The second kappa shape index (κ2) is 3.96. The molecule has 6 heteroatoms. The standard InChI is InChI=1S/C12H8ClN3O2/c1-7-4-11(18-15-7)16-6-14-10-3-2-8(13)5-9(10)12(16)17/h2-6H,1H3. The fraction of sp³-hybridized carbons (Fsp3) is 0.0833. The summed E-state index contributed by atoms with van der Waals surface area (Å²) in [5.41, 5.74) is 1.05. The number of nitrogens with zero attached hydrogens (tertiary/aromatic N) is 3. The average Bonchev–Trinajstić information content (AvgIpc) is 2.77. The molecule has 2 heterocycles. The summed E-state index contributed by atoms with van der Waals surface area (Å²) in [6.45, 7) is 1.78. The zero-order chi connectivity index (χ0) is 12.7. The maximum Gasteiger partial charge on any atom is 0.268 e. The van der Waals surface area contributed by atoms with E-state index in [2.05, 4.69) is 10.1 Å². The SMILES string of the molecule is Cc1cc(-n2cnc3ccc(Cl)cc3c2=O)on1. The van der Waals surface area contributed by atoms with Crippen LogP contribution in [0.25, 0.3) is 16.8 Å². The minimum absolute atomic E-state index is 0.237. The second-order valence-corrected chi connectivity index (χ2v) is 4.32. The fourth-order valence-electron chi connectivity index (χ4n) is 1.71. The van der Waals surface area contributed by atoms with E-state index in [1.807, 2.05) is 0 Å². The van der Waals surface area contributed by atoms with E-state index in [0.29, 0.717) is 27.5 Å². The molecule has 2 aromatic heterocycles. The van der Waals surface area contributed by atoms with E-state index in [-0.39, 0.29) is 5.56 Å². The lowest BCUT2D eigenvalue weighted by atomic mass is 10.2. The first kappa shape index (κ1) is 11.0. The molecule has 0 aliphatic heterocycles. The maximum atomic E-state index is 12.3. The minimum atomic E-state index is -0.237. The highest BCUT2D eigenvalue weighted by molar-refractivity contribution is 6.31. The topological polar surface area (TPSA) is 60.9 Å². The van der Waals surface area contributed by atoms with Crippen LogP contribution in [0.5, 0.6) is 0 Å². The van der Waals surface area contributed by atoms with Crippen LogP contribution in [0.2, 0.25) is 5.02 Å². The number of halogens is 1. The number of hydrogen-bond donors (Lipinski definition) is 0. The lowest BCUT2D eigenvalue weighted by Crippen LogP contribution is -2.18. The quantitative estimate of drug-likeness (QED) is 0.674. The Labute approximate surface area is 107 Å². The van der Waals surface area contributed by atoms with Crippen molar-refractivity contribution in [3.8, 4) is 5.88 Å². The Morgan fingerprint density at radius 3 is 2.89 bits per heavy atom. The van der Waals surface area contributed by atoms with Gasteiger partial charge in [0.25, 0.3) is 5.56 Å². The van der Waals surface area contributed by atoms with Gasteiger partial charge >= 0.3 is 0 Å². The van der Waals surface area contributed by atoms with E-state index >= 15 is 0 Å². The molecule has 0 amide bonds. The molecule has 0 saturated carbocycles. The van der Waals surface area contributed by atoms with Gasteiger partial charge in [-0.15, -0.1) is 0 Å². The van der Waals surface area contributed by atoms with Crippen molar-refractivity contribution in [2.24, 2.45) is 0 Å². The van der Waals surface area contributed by atoms with Gasteiger partial charge in [0, 0.05) is 11.1 Å². The van der Waals surface area contributed by atoms with Crippen LogP contribution in [0.1, 0.15) is 5.69 Å². The van der Waals surface area contributed by atoms with Crippen LogP contribution in [0.3, 0.4) is 0 Å². The summed E-state index contributed by atoms with van der Waals surface area (Å²) in [5, 5.41) is 4.68. The molecule has 0 bridgehead atoms. The van der Waals surface area contributed by atoms with Crippen molar-refractivity contribution < 1.29 is 4.52 Å². The van der Waals surface area contributed by atoms with E-state index in [9.17, 15) is 4.79 Å². The molecule has 0 radical (unpaired) electrons. The molecular formula is C12H8ClN3O2. The molecule has 0 N–H and O–H groups in total. The molecule has 90 valence electrons. The summed E-state index contributed by atoms with van der Waals surface area (Å²) in [7, 11) is 0. The van der Waals surface area contributed by atoms with Gasteiger partial charge in [-0.2, -0.15) is 0 Å².